The van der Waals surface area contributed by atoms with E-state index in [0.717, 1.165) is 6.07 Å². The predicted molar refractivity (Wildman–Crippen MR) is 109 cm³/mol. The van der Waals surface area contributed by atoms with Crippen molar-refractivity contribution in [2.45, 2.75) is 32.2 Å². The average molecular weight is 447 g/mol. The van der Waals surface area contributed by atoms with E-state index in [2.05, 4.69) is 15.6 Å². The van der Waals surface area contributed by atoms with Gasteiger partial charge in [0.15, 0.2) is 11.4 Å². The van der Waals surface area contributed by atoms with Crippen LogP contribution in [0.1, 0.15) is 30.2 Å². The van der Waals surface area contributed by atoms with E-state index >= 15 is 0 Å². The number of hydrogen-bond donors (Lipinski definition) is 2. The maximum Gasteiger partial charge on any atom is 0.322 e. The number of nitrogens with one attached hydrogen (secondary N) is 2. The Hall–Kier alpha value is -3.50. The third-order valence-corrected chi connectivity index (χ3v) is 5.81. The van der Waals surface area contributed by atoms with Gasteiger partial charge < -0.3 is 19.5 Å². The van der Waals surface area contributed by atoms with Crippen molar-refractivity contribution in [2.24, 2.45) is 0 Å². The van der Waals surface area contributed by atoms with Gasteiger partial charge in [-0.25, -0.2) is 18.6 Å². The number of aryl methyl sites for hydroxylation is 2. The number of imide groups is 1. The lowest BCUT2D eigenvalue weighted by Gasteiger charge is -2.36. The van der Waals surface area contributed by atoms with Crippen LogP contribution in [0.25, 0.3) is 0 Å². The molecule has 4 amide bonds. The lowest BCUT2D eigenvalue weighted by Crippen LogP contribution is -2.50. The zero-order chi connectivity index (χ0) is 23.0. The van der Waals surface area contributed by atoms with Crippen molar-refractivity contribution in [3.63, 3.8) is 0 Å². The van der Waals surface area contributed by atoms with Crippen molar-refractivity contribution in [1.82, 2.24) is 20.5 Å². The predicted octanol–water partition coefficient (Wildman–Crippen LogP) is 1.73. The van der Waals surface area contributed by atoms with Crippen LogP contribution >= 0.6 is 0 Å². The standard InChI is InChI=1S/C21H23F2N5O4/c1-12-18(24-13(2)32-12)21(19(30)25-20(31)26-21)4-3-17(29)28-7-5-27(6-8-28)16-10-14(22)9-15(23)11-16/h9-11H,3-8H2,1-2H3,(H2,25,26,30,31). The molecule has 32 heavy (non-hydrogen) atoms. The molecule has 2 fully saturated rings. The molecule has 0 saturated carbocycles. The fourth-order valence-electron chi connectivity index (χ4n) is 4.27. The molecule has 1 aromatic carbocycles. The van der Waals surface area contributed by atoms with Gasteiger partial charge in [-0.05, 0) is 25.5 Å². The summed E-state index contributed by atoms with van der Waals surface area (Å²) < 4.78 is 32.4. The molecule has 0 aliphatic carbocycles. The number of piperazine rings is 1. The number of anilines is 1. The van der Waals surface area contributed by atoms with Crippen molar-refractivity contribution < 1.29 is 27.6 Å². The van der Waals surface area contributed by atoms with Gasteiger partial charge in [-0.1, -0.05) is 0 Å². The van der Waals surface area contributed by atoms with Gasteiger partial charge in [-0.3, -0.25) is 14.9 Å². The number of nitrogens with zero attached hydrogens (tertiary/aromatic N) is 3. The lowest BCUT2D eigenvalue weighted by atomic mass is 9.88. The largest absolute Gasteiger partial charge is 0.446 e. The summed E-state index contributed by atoms with van der Waals surface area (Å²) in [6, 6.07) is 2.68. The van der Waals surface area contributed by atoms with E-state index in [-0.39, 0.29) is 24.4 Å². The van der Waals surface area contributed by atoms with Crippen LogP contribution in [0.3, 0.4) is 0 Å². The molecule has 0 bridgehead atoms. The Labute approximate surface area is 182 Å². The molecule has 1 atom stereocenters. The summed E-state index contributed by atoms with van der Waals surface area (Å²) in [5.41, 5.74) is -0.768. The third-order valence-electron chi connectivity index (χ3n) is 5.81. The first-order chi connectivity index (χ1) is 15.2. The highest BCUT2D eigenvalue weighted by molar-refractivity contribution is 6.07. The number of urea groups is 1. The van der Waals surface area contributed by atoms with Gasteiger partial charge in [0.25, 0.3) is 5.91 Å². The molecule has 1 unspecified atom stereocenters. The summed E-state index contributed by atoms with van der Waals surface area (Å²) in [5.74, 6) is -1.34. The minimum Gasteiger partial charge on any atom is -0.446 e. The Bertz CT molecular complexity index is 1060. The second-order valence-electron chi connectivity index (χ2n) is 7.95. The van der Waals surface area contributed by atoms with Gasteiger partial charge in [0.05, 0.1) is 0 Å². The first-order valence-electron chi connectivity index (χ1n) is 10.2. The molecule has 0 radical (unpaired) electrons. The molecule has 1 aromatic heterocycles. The molecule has 2 aromatic rings. The van der Waals surface area contributed by atoms with E-state index < -0.39 is 29.1 Å². The van der Waals surface area contributed by atoms with E-state index in [0.29, 0.717) is 43.5 Å². The average Bonchev–Trinajstić information content (AvgIpc) is 3.23. The van der Waals surface area contributed by atoms with Crippen molar-refractivity contribution in [3.05, 3.63) is 47.2 Å². The highest BCUT2D eigenvalue weighted by Gasteiger charge is 2.51. The Kier molecular flexibility index (Phi) is 5.57. The van der Waals surface area contributed by atoms with E-state index in [1.807, 2.05) is 4.90 Å². The quantitative estimate of drug-likeness (QED) is 0.676. The summed E-state index contributed by atoms with van der Waals surface area (Å²) >= 11 is 0. The number of halogens is 2. The molecule has 11 heteroatoms. The van der Waals surface area contributed by atoms with E-state index in [1.165, 1.54) is 12.1 Å². The Morgan fingerprint density at radius 1 is 1.12 bits per heavy atom. The van der Waals surface area contributed by atoms with Gasteiger partial charge in [0.1, 0.15) is 23.1 Å². The summed E-state index contributed by atoms with van der Waals surface area (Å²) in [5, 5.41) is 4.83. The molecule has 3 heterocycles. The van der Waals surface area contributed by atoms with Crippen LogP contribution in [-0.2, 0) is 15.1 Å². The Morgan fingerprint density at radius 3 is 2.31 bits per heavy atom. The minimum atomic E-state index is -1.48. The topological polar surface area (TPSA) is 108 Å². The molecular formula is C21H23F2N5O4. The molecule has 4 rings (SSSR count). The Balaban J connectivity index is 1.42. The SMILES string of the molecule is Cc1nc(C2(CCC(=O)N3CCN(c4cc(F)cc(F)c4)CC3)NC(=O)NC2=O)c(C)o1. The number of rotatable bonds is 5. The second kappa shape index (κ2) is 8.21. The fraction of sp³-hybridized carbons (Fsp3) is 0.429. The van der Waals surface area contributed by atoms with Crippen LogP contribution in [-0.4, -0.2) is 53.9 Å². The first kappa shape index (κ1) is 21.7. The van der Waals surface area contributed by atoms with Crippen LogP contribution in [0.15, 0.2) is 22.6 Å². The van der Waals surface area contributed by atoms with Gasteiger partial charge in [-0.2, -0.15) is 0 Å². The van der Waals surface area contributed by atoms with Crippen LogP contribution in [0, 0.1) is 25.5 Å². The maximum absolute atomic E-state index is 13.5. The molecule has 2 aliphatic rings. The van der Waals surface area contributed by atoms with Crippen molar-refractivity contribution in [3.8, 4) is 0 Å². The summed E-state index contributed by atoms with van der Waals surface area (Å²) in [6.07, 6.45) is 0.0131. The van der Waals surface area contributed by atoms with Crippen molar-refractivity contribution in [1.29, 1.82) is 0 Å². The highest BCUT2D eigenvalue weighted by Crippen LogP contribution is 2.32. The van der Waals surface area contributed by atoms with Crippen LogP contribution in [0.5, 0.6) is 0 Å². The number of amides is 4. The van der Waals surface area contributed by atoms with Crippen LogP contribution in [0.4, 0.5) is 19.3 Å². The van der Waals surface area contributed by atoms with Crippen LogP contribution in [0.2, 0.25) is 0 Å². The smallest absolute Gasteiger partial charge is 0.322 e. The number of benzene rings is 1. The zero-order valence-electron chi connectivity index (χ0n) is 17.7. The summed E-state index contributed by atoms with van der Waals surface area (Å²) in [7, 11) is 0. The molecule has 2 aliphatic heterocycles. The van der Waals surface area contributed by atoms with E-state index in [1.54, 1.807) is 18.7 Å². The third kappa shape index (κ3) is 4.02. The molecule has 2 saturated heterocycles. The van der Waals surface area contributed by atoms with E-state index in [9.17, 15) is 23.2 Å². The van der Waals surface area contributed by atoms with Gasteiger partial charge in [-0.15, -0.1) is 0 Å². The monoisotopic (exact) mass is 447 g/mol. The van der Waals surface area contributed by atoms with Gasteiger partial charge in [0, 0.05) is 51.3 Å². The maximum atomic E-state index is 13.5. The van der Waals surface area contributed by atoms with E-state index in [4.69, 9.17) is 4.42 Å². The molecule has 2 N–H and O–H groups in total. The van der Waals surface area contributed by atoms with Gasteiger partial charge in [0.2, 0.25) is 5.91 Å². The van der Waals surface area contributed by atoms with Gasteiger partial charge >= 0.3 is 6.03 Å². The number of oxazole rings is 1. The number of carbonyl (C=O) groups excluding carboxylic acids is 3. The minimum absolute atomic E-state index is 0.00631. The van der Waals surface area contributed by atoms with Crippen molar-refractivity contribution >= 4 is 23.5 Å². The number of aromatic nitrogens is 1. The zero-order valence-corrected chi connectivity index (χ0v) is 17.7. The second-order valence-corrected chi connectivity index (χ2v) is 7.95. The highest BCUT2D eigenvalue weighted by atomic mass is 19.1. The first-order valence-corrected chi connectivity index (χ1v) is 10.2. The molecule has 170 valence electrons. The summed E-state index contributed by atoms with van der Waals surface area (Å²) in [4.78, 5) is 45.1. The fourth-order valence-corrected chi connectivity index (χ4v) is 4.27. The normalized spacial score (nSPS) is 21.0. The van der Waals surface area contributed by atoms with Crippen molar-refractivity contribution in [2.75, 3.05) is 31.1 Å². The summed E-state index contributed by atoms with van der Waals surface area (Å²) in [6.45, 7) is 4.84. The Morgan fingerprint density at radius 2 is 1.78 bits per heavy atom. The molecule has 9 nitrogen and oxygen atoms in total. The molecular weight excluding hydrogens is 424 g/mol. The molecule has 0 spiro atoms. The lowest BCUT2D eigenvalue weighted by molar-refractivity contribution is -0.132. The number of carbonyl (C=O) groups is 3. The van der Waals surface area contributed by atoms with Crippen LogP contribution < -0.4 is 15.5 Å². The number of hydrogen-bond acceptors (Lipinski definition) is 6.